The molecule has 2 N–H and O–H groups in total. The van der Waals surface area contributed by atoms with Crippen LogP contribution in [0.1, 0.15) is 24.9 Å². The molecule has 1 aliphatic rings. The molecule has 0 spiro atoms. The molecule has 0 bridgehead atoms. The van der Waals surface area contributed by atoms with Crippen LogP contribution in [0, 0.1) is 0 Å². The van der Waals surface area contributed by atoms with Crippen LogP contribution in [0.5, 0.6) is 5.75 Å². The van der Waals surface area contributed by atoms with Gasteiger partial charge in [-0.2, -0.15) is 0 Å². The first-order valence-corrected chi connectivity index (χ1v) is 8.53. The van der Waals surface area contributed by atoms with Crippen LogP contribution < -0.4 is 5.32 Å². The Morgan fingerprint density at radius 1 is 1.38 bits per heavy atom. The number of benzene rings is 1. The molecule has 0 aromatic heterocycles. The van der Waals surface area contributed by atoms with E-state index in [4.69, 9.17) is 0 Å². The van der Waals surface area contributed by atoms with Gasteiger partial charge in [0.15, 0.2) is 0 Å². The van der Waals surface area contributed by atoms with Crippen molar-refractivity contribution in [2.24, 2.45) is 0 Å². The van der Waals surface area contributed by atoms with Crippen LogP contribution in [0.3, 0.4) is 0 Å². The molecule has 1 fully saturated rings. The van der Waals surface area contributed by atoms with Crippen LogP contribution in [-0.4, -0.2) is 61.2 Å². The van der Waals surface area contributed by atoms with Crippen molar-refractivity contribution in [3.63, 3.8) is 0 Å². The van der Waals surface area contributed by atoms with E-state index in [1.54, 1.807) is 6.07 Å². The predicted octanol–water partition coefficient (Wildman–Crippen LogP) is 2.44. The molecule has 1 atom stereocenters. The average Bonchev–Trinajstić information content (AvgIpc) is 2.50. The summed E-state index contributed by atoms with van der Waals surface area (Å²) in [5, 5.41) is 13.5. The highest BCUT2D eigenvalue weighted by Crippen LogP contribution is 2.32. The van der Waals surface area contributed by atoms with Gasteiger partial charge in [-0.05, 0) is 31.7 Å². The van der Waals surface area contributed by atoms with Crippen LogP contribution in [0.15, 0.2) is 22.7 Å². The van der Waals surface area contributed by atoms with E-state index in [9.17, 15) is 5.11 Å². The van der Waals surface area contributed by atoms with Gasteiger partial charge in [-0.1, -0.05) is 22.9 Å². The third kappa shape index (κ3) is 4.68. The van der Waals surface area contributed by atoms with Gasteiger partial charge in [-0.15, -0.1) is 0 Å². The quantitative estimate of drug-likeness (QED) is 0.821. The standard InChI is InChI=1S/C16H26BrN3O/c1-3-15(14-12-13(17)4-5-16(14)21)19(2)10-11-20-8-6-18-7-9-20/h4-5,12,15,18,21H,3,6-11H2,1-2H3. The van der Waals surface area contributed by atoms with Gasteiger partial charge in [-0.3, -0.25) is 9.80 Å². The molecule has 0 saturated carbocycles. The first-order chi connectivity index (χ1) is 10.1. The van der Waals surface area contributed by atoms with Gasteiger partial charge in [0.2, 0.25) is 0 Å². The van der Waals surface area contributed by atoms with E-state index < -0.39 is 0 Å². The maximum absolute atomic E-state index is 10.1. The SMILES string of the molecule is CCC(c1cc(Br)ccc1O)N(C)CCN1CCNCC1. The van der Waals surface area contributed by atoms with Gasteiger partial charge >= 0.3 is 0 Å². The van der Waals surface area contributed by atoms with E-state index in [-0.39, 0.29) is 6.04 Å². The second-order valence-electron chi connectivity index (χ2n) is 5.70. The van der Waals surface area contributed by atoms with Crippen molar-refractivity contribution in [2.45, 2.75) is 19.4 Å². The number of halogens is 1. The molecule has 4 nitrogen and oxygen atoms in total. The summed E-state index contributed by atoms with van der Waals surface area (Å²) in [6.45, 7) is 8.72. The zero-order valence-corrected chi connectivity index (χ0v) is 14.6. The second-order valence-corrected chi connectivity index (χ2v) is 6.62. The predicted molar refractivity (Wildman–Crippen MR) is 90.8 cm³/mol. The van der Waals surface area contributed by atoms with Crippen molar-refractivity contribution in [2.75, 3.05) is 46.3 Å². The fraction of sp³-hybridized carbons (Fsp3) is 0.625. The number of nitrogens with one attached hydrogen (secondary N) is 1. The Morgan fingerprint density at radius 3 is 2.76 bits per heavy atom. The van der Waals surface area contributed by atoms with Crippen LogP contribution in [-0.2, 0) is 0 Å². The molecule has 1 heterocycles. The Hall–Kier alpha value is -0.620. The second kappa shape index (κ2) is 8.13. The number of likely N-dealkylation sites (N-methyl/N-ethyl adjacent to an activating group) is 1. The Bertz CT molecular complexity index is 449. The summed E-state index contributed by atoms with van der Waals surface area (Å²) in [6.07, 6.45) is 0.988. The molecule has 0 radical (unpaired) electrons. The van der Waals surface area contributed by atoms with Crippen LogP contribution in [0.25, 0.3) is 0 Å². The third-order valence-corrected chi connectivity index (χ3v) is 4.74. The van der Waals surface area contributed by atoms with Crippen LogP contribution >= 0.6 is 15.9 Å². The summed E-state index contributed by atoms with van der Waals surface area (Å²) in [7, 11) is 2.15. The molecular formula is C16H26BrN3O. The fourth-order valence-electron chi connectivity index (χ4n) is 2.95. The van der Waals surface area contributed by atoms with Gasteiger partial charge in [0.25, 0.3) is 0 Å². The van der Waals surface area contributed by atoms with Crippen molar-refractivity contribution in [3.05, 3.63) is 28.2 Å². The minimum absolute atomic E-state index is 0.255. The van der Waals surface area contributed by atoms with Crippen molar-refractivity contribution >= 4 is 15.9 Å². The Morgan fingerprint density at radius 2 is 2.10 bits per heavy atom. The highest BCUT2D eigenvalue weighted by molar-refractivity contribution is 9.10. The molecule has 0 aliphatic carbocycles. The summed E-state index contributed by atoms with van der Waals surface area (Å²) in [5.41, 5.74) is 1.01. The fourth-order valence-corrected chi connectivity index (χ4v) is 3.33. The summed E-state index contributed by atoms with van der Waals surface area (Å²) in [5.74, 6) is 0.388. The van der Waals surface area contributed by atoms with Crippen LogP contribution in [0.2, 0.25) is 0 Å². The van der Waals surface area contributed by atoms with E-state index in [1.165, 1.54) is 0 Å². The van der Waals surface area contributed by atoms with E-state index in [0.29, 0.717) is 5.75 Å². The van der Waals surface area contributed by atoms with E-state index >= 15 is 0 Å². The lowest BCUT2D eigenvalue weighted by Gasteiger charge is -2.32. The number of nitrogens with zero attached hydrogens (tertiary/aromatic N) is 2. The lowest BCUT2D eigenvalue weighted by atomic mass is 10.0. The molecule has 1 unspecified atom stereocenters. The molecular weight excluding hydrogens is 330 g/mol. The number of phenolic OH excluding ortho intramolecular Hbond substituents is 1. The van der Waals surface area contributed by atoms with Gasteiger partial charge in [0, 0.05) is 55.3 Å². The first-order valence-electron chi connectivity index (χ1n) is 7.73. The molecule has 21 heavy (non-hydrogen) atoms. The van der Waals surface area contributed by atoms with E-state index in [2.05, 4.69) is 45.0 Å². The summed E-state index contributed by atoms with van der Waals surface area (Å²) in [4.78, 5) is 4.85. The normalized spacial score (nSPS) is 18.1. The van der Waals surface area contributed by atoms with Crippen LogP contribution in [0.4, 0.5) is 0 Å². The topological polar surface area (TPSA) is 38.7 Å². The third-order valence-electron chi connectivity index (χ3n) is 4.25. The van der Waals surface area contributed by atoms with Crippen molar-refractivity contribution in [3.8, 4) is 5.75 Å². The number of phenols is 1. The number of piperazine rings is 1. The van der Waals surface area contributed by atoms with Crippen molar-refractivity contribution < 1.29 is 5.11 Å². The van der Waals surface area contributed by atoms with Gasteiger partial charge < -0.3 is 10.4 Å². The minimum atomic E-state index is 0.255. The average molecular weight is 356 g/mol. The summed E-state index contributed by atoms with van der Waals surface area (Å²) in [6, 6.07) is 5.94. The number of hydrogen-bond acceptors (Lipinski definition) is 4. The minimum Gasteiger partial charge on any atom is -0.508 e. The van der Waals surface area contributed by atoms with E-state index in [1.807, 2.05) is 12.1 Å². The largest absolute Gasteiger partial charge is 0.508 e. The number of aromatic hydroxyl groups is 1. The molecule has 1 aliphatic heterocycles. The monoisotopic (exact) mass is 355 g/mol. The zero-order valence-electron chi connectivity index (χ0n) is 13.0. The highest BCUT2D eigenvalue weighted by Gasteiger charge is 2.19. The molecule has 1 saturated heterocycles. The molecule has 5 heteroatoms. The number of rotatable bonds is 6. The Kier molecular flexibility index (Phi) is 6.48. The summed E-state index contributed by atoms with van der Waals surface area (Å²) >= 11 is 3.50. The number of hydrogen-bond donors (Lipinski definition) is 2. The maximum atomic E-state index is 10.1. The Balaban J connectivity index is 1.97. The molecule has 1 aromatic rings. The molecule has 118 valence electrons. The van der Waals surface area contributed by atoms with Gasteiger partial charge in [-0.25, -0.2) is 0 Å². The smallest absolute Gasteiger partial charge is 0.120 e. The van der Waals surface area contributed by atoms with Gasteiger partial charge in [0.1, 0.15) is 5.75 Å². The van der Waals surface area contributed by atoms with Crippen molar-refractivity contribution in [1.29, 1.82) is 0 Å². The first kappa shape index (κ1) is 16.7. The van der Waals surface area contributed by atoms with Crippen molar-refractivity contribution in [1.82, 2.24) is 15.1 Å². The van der Waals surface area contributed by atoms with E-state index in [0.717, 1.165) is 55.7 Å². The molecule has 2 rings (SSSR count). The molecule has 0 amide bonds. The maximum Gasteiger partial charge on any atom is 0.120 e. The van der Waals surface area contributed by atoms with Gasteiger partial charge in [0.05, 0.1) is 0 Å². The lowest BCUT2D eigenvalue weighted by molar-refractivity contribution is 0.173. The lowest BCUT2D eigenvalue weighted by Crippen LogP contribution is -2.46. The highest BCUT2D eigenvalue weighted by atomic mass is 79.9. The summed E-state index contributed by atoms with van der Waals surface area (Å²) < 4.78 is 1.02. The molecule has 1 aromatic carbocycles. The Labute approximate surface area is 136 Å². The zero-order chi connectivity index (χ0) is 15.2.